The summed E-state index contributed by atoms with van der Waals surface area (Å²) in [6, 6.07) is 3.75. The molecule has 0 spiro atoms. The number of carbonyl (C=O) groups is 1. The summed E-state index contributed by atoms with van der Waals surface area (Å²) in [5.74, 6) is 0. The van der Waals surface area contributed by atoms with Crippen LogP contribution in [0.25, 0.3) is 0 Å². The molecule has 2 rings (SSSR count). The molecule has 0 aliphatic carbocycles. The van der Waals surface area contributed by atoms with Crippen molar-refractivity contribution in [2.24, 2.45) is 0 Å². The smallest absolute Gasteiger partial charge is 0.348 e. The molecule has 1 aliphatic heterocycles. The van der Waals surface area contributed by atoms with Crippen LogP contribution in [0.5, 0.6) is 0 Å². The molecule has 1 radical (unpaired) electrons. The highest BCUT2D eigenvalue weighted by molar-refractivity contribution is 6.04. The quantitative estimate of drug-likeness (QED) is 0.584. The number of rotatable bonds is 4. The van der Waals surface area contributed by atoms with Crippen molar-refractivity contribution in [2.45, 2.75) is 0 Å². The van der Waals surface area contributed by atoms with Crippen molar-refractivity contribution in [3.63, 3.8) is 0 Å². The monoisotopic (exact) mass is 236 g/mol. The van der Waals surface area contributed by atoms with Gasteiger partial charge in [0.15, 0.2) is 0 Å². The van der Waals surface area contributed by atoms with E-state index in [2.05, 4.69) is 5.32 Å². The molecule has 0 unspecified atom stereocenters. The number of nitro benzene ring substituents is 1. The minimum Gasteiger partial charge on any atom is -0.383 e. The van der Waals surface area contributed by atoms with Crippen LogP contribution in [0.2, 0.25) is 0 Å². The Morgan fingerprint density at radius 2 is 2.29 bits per heavy atom. The first-order valence-electron chi connectivity index (χ1n) is 4.94. The molecule has 0 atom stereocenters. The summed E-state index contributed by atoms with van der Waals surface area (Å²) in [5, 5.41) is 14.3. The van der Waals surface area contributed by atoms with Gasteiger partial charge in [0.05, 0.1) is 29.4 Å². The van der Waals surface area contributed by atoms with Gasteiger partial charge in [-0.1, -0.05) is 0 Å². The number of hydrogen-bond donors (Lipinski definition) is 0. The summed E-state index contributed by atoms with van der Waals surface area (Å²) < 4.78 is 4.89. The van der Waals surface area contributed by atoms with Crippen LogP contribution < -0.4 is 10.2 Å². The average molecular weight is 236 g/mol. The Labute approximate surface area is 97.1 Å². The fraction of sp³-hybridized carbons (Fsp3) is 0.300. The van der Waals surface area contributed by atoms with Crippen molar-refractivity contribution in [2.75, 3.05) is 25.2 Å². The number of amides is 2. The van der Waals surface area contributed by atoms with Crippen LogP contribution in [0, 0.1) is 10.1 Å². The number of anilines is 1. The summed E-state index contributed by atoms with van der Waals surface area (Å²) in [4.78, 5) is 23.1. The Hall–Kier alpha value is -2.15. The maximum absolute atomic E-state index is 11.6. The highest BCUT2D eigenvalue weighted by atomic mass is 16.6. The number of fused-ring (bicyclic) bond motifs is 1. The molecular weight excluding hydrogens is 226 g/mol. The Morgan fingerprint density at radius 1 is 1.53 bits per heavy atom. The van der Waals surface area contributed by atoms with Crippen LogP contribution in [0.3, 0.4) is 0 Å². The maximum Gasteiger partial charge on any atom is 0.348 e. The summed E-state index contributed by atoms with van der Waals surface area (Å²) in [7, 11) is 1.54. The second kappa shape index (κ2) is 4.38. The van der Waals surface area contributed by atoms with Gasteiger partial charge < -0.3 is 4.74 Å². The van der Waals surface area contributed by atoms with E-state index < -0.39 is 11.0 Å². The molecule has 0 N–H and O–H groups in total. The maximum atomic E-state index is 11.6. The lowest BCUT2D eigenvalue weighted by Gasteiger charge is -2.13. The van der Waals surface area contributed by atoms with Crippen LogP contribution in [0.4, 0.5) is 21.9 Å². The number of nitrogens with zero attached hydrogens (tertiary/aromatic N) is 3. The largest absolute Gasteiger partial charge is 0.383 e. The van der Waals surface area contributed by atoms with Crippen molar-refractivity contribution in [1.82, 2.24) is 5.32 Å². The van der Waals surface area contributed by atoms with E-state index in [0.29, 0.717) is 24.5 Å². The molecule has 1 heterocycles. The summed E-state index contributed by atoms with van der Waals surface area (Å²) in [5.41, 5.74) is 0.840. The number of non-ortho nitro benzene ring substituents is 1. The second-order valence-electron chi connectivity index (χ2n) is 3.47. The van der Waals surface area contributed by atoms with Crippen LogP contribution in [0.1, 0.15) is 0 Å². The molecule has 0 saturated heterocycles. The predicted molar refractivity (Wildman–Crippen MR) is 59.5 cm³/mol. The molecular formula is C10H10N3O4. The van der Waals surface area contributed by atoms with Gasteiger partial charge in [0.25, 0.3) is 5.69 Å². The van der Waals surface area contributed by atoms with Gasteiger partial charge in [-0.25, -0.2) is 4.79 Å². The lowest BCUT2D eigenvalue weighted by atomic mass is 10.2. The number of urea groups is 1. The van der Waals surface area contributed by atoms with Crippen molar-refractivity contribution < 1.29 is 14.5 Å². The Balaban J connectivity index is 2.28. The highest BCUT2D eigenvalue weighted by Gasteiger charge is 2.29. The summed E-state index contributed by atoms with van der Waals surface area (Å²) in [6.07, 6.45) is 0. The lowest BCUT2D eigenvalue weighted by molar-refractivity contribution is -0.384. The molecule has 1 aromatic rings. The van der Waals surface area contributed by atoms with E-state index in [9.17, 15) is 14.9 Å². The van der Waals surface area contributed by atoms with Gasteiger partial charge in [-0.05, 0) is 6.07 Å². The van der Waals surface area contributed by atoms with Crippen LogP contribution in [-0.2, 0) is 4.74 Å². The number of ether oxygens (including phenoxy) is 1. The van der Waals surface area contributed by atoms with Crippen molar-refractivity contribution in [3.8, 4) is 0 Å². The minimum atomic E-state index is -0.516. The fourth-order valence-corrected chi connectivity index (χ4v) is 1.61. The molecule has 7 nitrogen and oxygen atoms in total. The fourth-order valence-electron chi connectivity index (χ4n) is 1.61. The van der Waals surface area contributed by atoms with E-state index in [1.54, 1.807) is 0 Å². The predicted octanol–water partition coefficient (Wildman–Crippen LogP) is 1.42. The van der Waals surface area contributed by atoms with E-state index in [-0.39, 0.29) is 5.69 Å². The van der Waals surface area contributed by atoms with E-state index in [1.807, 2.05) is 0 Å². The molecule has 89 valence electrons. The average Bonchev–Trinajstić information content (AvgIpc) is 2.61. The third-order valence-electron chi connectivity index (χ3n) is 2.43. The molecule has 17 heavy (non-hydrogen) atoms. The third-order valence-corrected chi connectivity index (χ3v) is 2.43. The molecule has 1 aliphatic rings. The van der Waals surface area contributed by atoms with E-state index in [0.717, 1.165) is 0 Å². The van der Waals surface area contributed by atoms with E-state index in [1.165, 1.54) is 30.2 Å². The molecule has 2 amide bonds. The molecule has 0 fully saturated rings. The van der Waals surface area contributed by atoms with Gasteiger partial charge >= 0.3 is 6.03 Å². The SMILES string of the molecule is COCCN1C(=O)[N]c2cc([N+](=O)[O-])ccc21. The molecule has 1 aromatic carbocycles. The molecule has 0 aromatic heterocycles. The molecule has 0 saturated carbocycles. The van der Waals surface area contributed by atoms with Crippen LogP contribution in [0.15, 0.2) is 18.2 Å². The van der Waals surface area contributed by atoms with Crippen molar-refractivity contribution in [3.05, 3.63) is 28.3 Å². The van der Waals surface area contributed by atoms with Crippen LogP contribution >= 0.6 is 0 Å². The number of carbonyl (C=O) groups excluding carboxylic acids is 1. The standard InChI is InChI=1S/C10H10N3O4/c1-17-5-4-12-9-3-2-7(13(15)16)6-8(9)11-10(12)14/h2-3,6H,4-5H2,1H3. The normalized spacial score (nSPS) is 13.5. The van der Waals surface area contributed by atoms with Gasteiger partial charge in [0, 0.05) is 19.2 Å². The Bertz CT molecular complexity index is 475. The van der Waals surface area contributed by atoms with Crippen molar-refractivity contribution in [1.29, 1.82) is 0 Å². The van der Waals surface area contributed by atoms with Gasteiger partial charge in [-0.15, -0.1) is 0 Å². The molecule has 7 heteroatoms. The minimum absolute atomic E-state index is 0.0751. The van der Waals surface area contributed by atoms with Gasteiger partial charge in [-0.2, -0.15) is 5.32 Å². The first-order valence-corrected chi connectivity index (χ1v) is 4.94. The number of hydrogen-bond acceptors (Lipinski definition) is 4. The van der Waals surface area contributed by atoms with E-state index >= 15 is 0 Å². The van der Waals surface area contributed by atoms with Crippen molar-refractivity contribution >= 4 is 23.1 Å². The summed E-state index contributed by atoms with van der Waals surface area (Å²) in [6.45, 7) is 0.765. The number of benzene rings is 1. The third kappa shape index (κ3) is 2.04. The van der Waals surface area contributed by atoms with Gasteiger partial charge in [0.1, 0.15) is 0 Å². The first kappa shape index (κ1) is 11.3. The van der Waals surface area contributed by atoms with Gasteiger partial charge in [0.2, 0.25) is 0 Å². The van der Waals surface area contributed by atoms with Crippen LogP contribution in [-0.4, -0.2) is 31.2 Å². The van der Waals surface area contributed by atoms with Gasteiger partial charge in [-0.3, -0.25) is 15.0 Å². The zero-order valence-corrected chi connectivity index (χ0v) is 9.12. The lowest BCUT2D eigenvalue weighted by Crippen LogP contribution is -2.31. The summed E-state index contributed by atoms with van der Waals surface area (Å²) >= 11 is 0. The highest BCUT2D eigenvalue weighted by Crippen LogP contribution is 2.35. The number of methoxy groups -OCH3 is 1. The Morgan fingerprint density at radius 3 is 2.94 bits per heavy atom. The first-order chi connectivity index (χ1) is 8.13. The second-order valence-corrected chi connectivity index (χ2v) is 3.47. The molecule has 0 bridgehead atoms. The topological polar surface area (TPSA) is 86.8 Å². The zero-order chi connectivity index (χ0) is 12.4. The number of nitro groups is 1. The Kier molecular flexibility index (Phi) is 2.92. The zero-order valence-electron chi connectivity index (χ0n) is 9.12. The van der Waals surface area contributed by atoms with E-state index in [4.69, 9.17) is 4.74 Å².